The van der Waals surface area contributed by atoms with Gasteiger partial charge in [-0.05, 0) is 140 Å². The number of nitrogens with zero attached hydrogens (tertiary/aromatic N) is 4. The molecule has 2 fully saturated rings. The highest BCUT2D eigenvalue weighted by atomic mass is 32.1. The van der Waals surface area contributed by atoms with Crippen LogP contribution < -0.4 is 0 Å². The Morgan fingerprint density at radius 3 is 1.72 bits per heavy atom. The first-order valence-corrected chi connectivity index (χ1v) is 26.4. The Labute approximate surface area is 407 Å². The largest absolute Gasteiger partial charge is 0.313 e. The summed E-state index contributed by atoms with van der Waals surface area (Å²) in [5.74, 6) is 1.17. The second-order valence-corrected chi connectivity index (χ2v) is 21.1. The SMILES string of the molecule is C1=Cc2c(n(-c3cccc(-c4cc(-c5cc(C6CCCCC6)cc6c5sc5ncc(C7CCCCC7)cc56)cc(-c5cccc(-n6c7ccccc7c7ccccc76)c5)n4)c3)c3ccccc23)CC1. The Morgan fingerprint density at radius 1 is 0.478 bits per heavy atom. The summed E-state index contributed by atoms with van der Waals surface area (Å²) in [6, 6.07) is 57.1. The molecule has 0 radical (unpaired) electrons. The Hall–Kier alpha value is -7.08. The summed E-state index contributed by atoms with van der Waals surface area (Å²) in [5, 5.41) is 6.53. The Morgan fingerprint density at radius 2 is 1.06 bits per heavy atom. The van der Waals surface area contributed by atoms with E-state index >= 15 is 0 Å². The highest BCUT2D eigenvalue weighted by Gasteiger charge is 2.24. The van der Waals surface area contributed by atoms with E-state index in [0.717, 1.165) is 45.9 Å². The molecule has 5 heterocycles. The molecule has 2 saturated carbocycles. The van der Waals surface area contributed by atoms with Crippen molar-refractivity contribution < 1.29 is 0 Å². The lowest BCUT2D eigenvalue weighted by molar-refractivity contribution is 0.443. The van der Waals surface area contributed by atoms with Crippen molar-refractivity contribution in [2.45, 2.75) is 88.9 Å². The minimum absolute atomic E-state index is 0.559. The van der Waals surface area contributed by atoms with Gasteiger partial charge in [0.05, 0.1) is 27.9 Å². The van der Waals surface area contributed by atoms with Gasteiger partial charge in [-0.15, -0.1) is 11.3 Å². The van der Waals surface area contributed by atoms with Crippen LogP contribution in [0.15, 0.2) is 164 Å². The van der Waals surface area contributed by atoms with Gasteiger partial charge in [0.1, 0.15) is 4.83 Å². The van der Waals surface area contributed by atoms with Crippen LogP contribution in [0.25, 0.3) is 104 Å². The molecule has 0 atom stereocenters. The molecule has 0 saturated heterocycles. The summed E-state index contributed by atoms with van der Waals surface area (Å²) in [4.78, 5) is 12.1. The monoisotopic (exact) mass is 910 g/mol. The summed E-state index contributed by atoms with van der Waals surface area (Å²) in [6.45, 7) is 0. The van der Waals surface area contributed by atoms with Gasteiger partial charge in [-0.3, -0.25) is 0 Å². The quantitative estimate of drug-likeness (QED) is 0.160. The molecular formula is C64H54N4S. The lowest BCUT2D eigenvalue weighted by Crippen LogP contribution is -2.05. The van der Waals surface area contributed by atoms with E-state index in [0.29, 0.717) is 11.8 Å². The number of hydrogen-bond acceptors (Lipinski definition) is 3. The number of fused-ring (bicyclic) bond motifs is 9. The zero-order chi connectivity index (χ0) is 45.4. The van der Waals surface area contributed by atoms with Crippen LogP contribution >= 0.6 is 11.3 Å². The number of benzene rings is 6. The first kappa shape index (κ1) is 40.9. The molecule has 5 heteroatoms. The van der Waals surface area contributed by atoms with Gasteiger partial charge in [-0.25, -0.2) is 9.97 Å². The molecule has 11 aromatic rings. The van der Waals surface area contributed by atoms with Crippen molar-refractivity contribution in [2.24, 2.45) is 0 Å². The van der Waals surface area contributed by atoms with Crippen LogP contribution in [0, 0.1) is 0 Å². The summed E-state index contributed by atoms with van der Waals surface area (Å²) in [5.41, 5.74) is 18.3. The van der Waals surface area contributed by atoms with Crippen molar-refractivity contribution in [3.63, 3.8) is 0 Å². The molecule has 336 valence electrons. The van der Waals surface area contributed by atoms with Crippen molar-refractivity contribution in [3.8, 4) is 45.0 Å². The third kappa shape index (κ3) is 6.99. The van der Waals surface area contributed by atoms with Gasteiger partial charge in [0, 0.05) is 77.2 Å². The number of pyridine rings is 2. The highest BCUT2D eigenvalue weighted by Crippen LogP contribution is 2.46. The molecule has 5 aromatic heterocycles. The first-order chi connectivity index (χ1) is 34.2. The van der Waals surface area contributed by atoms with Crippen LogP contribution in [0.3, 0.4) is 0 Å². The Balaban J connectivity index is 0.991. The molecule has 0 N–H and O–H groups in total. The van der Waals surface area contributed by atoms with Crippen LogP contribution in [0.4, 0.5) is 0 Å². The summed E-state index contributed by atoms with van der Waals surface area (Å²) in [7, 11) is 0. The van der Waals surface area contributed by atoms with Crippen molar-refractivity contribution in [1.82, 2.24) is 19.1 Å². The number of allylic oxidation sites excluding steroid dienone is 1. The number of aromatic nitrogens is 4. The summed E-state index contributed by atoms with van der Waals surface area (Å²) < 4.78 is 6.25. The summed E-state index contributed by atoms with van der Waals surface area (Å²) in [6.07, 6.45) is 21.9. The van der Waals surface area contributed by atoms with E-state index in [1.54, 1.807) is 0 Å². The number of hydrogen-bond donors (Lipinski definition) is 0. The average molecular weight is 911 g/mol. The minimum Gasteiger partial charge on any atom is -0.313 e. The maximum absolute atomic E-state index is 5.68. The third-order valence-corrected chi connectivity index (χ3v) is 17.2. The van der Waals surface area contributed by atoms with Crippen LogP contribution in [-0.4, -0.2) is 19.1 Å². The lowest BCUT2D eigenvalue weighted by atomic mass is 9.82. The van der Waals surface area contributed by atoms with Gasteiger partial charge in [-0.1, -0.05) is 130 Å². The van der Waals surface area contributed by atoms with E-state index < -0.39 is 0 Å². The molecule has 6 aromatic carbocycles. The smallest absolute Gasteiger partial charge is 0.124 e. The molecular weight excluding hydrogens is 857 g/mol. The van der Waals surface area contributed by atoms with Crippen LogP contribution in [-0.2, 0) is 6.42 Å². The maximum Gasteiger partial charge on any atom is 0.124 e. The fraction of sp³-hybridized carbons (Fsp3) is 0.219. The average Bonchev–Trinajstić information content (AvgIpc) is 4.09. The number of rotatable bonds is 7. The molecule has 0 spiro atoms. The van der Waals surface area contributed by atoms with Crippen molar-refractivity contribution >= 4 is 70.4 Å². The Kier molecular flexibility index (Phi) is 10.0. The van der Waals surface area contributed by atoms with Crippen LogP contribution in [0.5, 0.6) is 0 Å². The fourth-order valence-corrected chi connectivity index (χ4v) is 13.7. The fourth-order valence-electron chi connectivity index (χ4n) is 12.6. The topological polar surface area (TPSA) is 35.6 Å². The predicted octanol–water partition coefficient (Wildman–Crippen LogP) is 17.9. The third-order valence-electron chi connectivity index (χ3n) is 16.0. The lowest BCUT2D eigenvalue weighted by Gasteiger charge is -2.23. The molecule has 3 aliphatic rings. The second-order valence-electron chi connectivity index (χ2n) is 20.1. The van der Waals surface area contributed by atoms with Crippen LogP contribution in [0.1, 0.15) is 105 Å². The highest BCUT2D eigenvalue weighted by molar-refractivity contribution is 7.26. The predicted molar refractivity (Wildman–Crippen MR) is 291 cm³/mol. The van der Waals surface area contributed by atoms with Gasteiger partial charge in [0.15, 0.2) is 0 Å². The van der Waals surface area contributed by atoms with E-state index in [2.05, 4.69) is 179 Å². The van der Waals surface area contributed by atoms with E-state index in [9.17, 15) is 0 Å². The minimum atomic E-state index is 0.559. The normalized spacial score (nSPS) is 15.8. The molecule has 0 bridgehead atoms. The zero-order valence-corrected chi connectivity index (χ0v) is 39.8. The molecule has 3 aliphatic carbocycles. The number of thiophene rings is 1. The van der Waals surface area contributed by atoms with E-state index in [1.807, 2.05) is 11.3 Å². The van der Waals surface area contributed by atoms with Crippen molar-refractivity contribution in [1.29, 1.82) is 0 Å². The van der Waals surface area contributed by atoms with Crippen LogP contribution in [0.2, 0.25) is 0 Å². The van der Waals surface area contributed by atoms with Gasteiger partial charge >= 0.3 is 0 Å². The molecule has 69 heavy (non-hydrogen) atoms. The molecule has 0 amide bonds. The number of para-hydroxylation sites is 3. The molecule has 4 nitrogen and oxygen atoms in total. The van der Waals surface area contributed by atoms with Gasteiger partial charge in [-0.2, -0.15) is 0 Å². The van der Waals surface area contributed by atoms with Crippen molar-refractivity contribution in [3.05, 3.63) is 186 Å². The first-order valence-electron chi connectivity index (χ1n) is 25.6. The Bertz CT molecular complexity index is 3780. The van der Waals surface area contributed by atoms with Gasteiger partial charge < -0.3 is 9.13 Å². The van der Waals surface area contributed by atoms with E-state index in [1.165, 1.54) is 152 Å². The van der Waals surface area contributed by atoms with E-state index in [4.69, 9.17) is 9.97 Å². The molecule has 0 aliphatic heterocycles. The summed E-state index contributed by atoms with van der Waals surface area (Å²) >= 11 is 1.87. The maximum atomic E-state index is 5.68. The van der Waals surface area contributed by atoms with Crippen molar-refractivity contribution in [2.75, 3.05) is 0 Å². The van der Waals surface area contributed by atoms with Gasteiger partial charge in [0.2, 0.25) is 0 Å². The molecule has 0 unspecified atom stereocenters. The van der Waals surface area contributed by atoms with E-state index in [-0.39, 0.29) is 0 Å². The standard InChI is InChI=1S/C64H54N4S/c1-3-17-41(18-4-1)45-35-54(63-55(36-45)56-37-47(40-65-64(56)69-63)42-19-5-2-6-20-42)46-38-57(43-21-15-23-48(33-43)67-59-29-11-7-25-50(59)51-26-8-12-30-60(51)67)66-58(39-46)44-22-16-24-49(34-44)68-61-31-13-9-27-52(61)53-28-10-14-32-62(53)68/h7-13,15-16,21-31,33-42H,1-6,14,17-20,32H2. The zero-order valence-electron chi connectivity index (χ0n) is 39.0. The second kappa shape index (κ2) is 16.9. The van der Waals surface area contributed by atoms with Gasteiger partial charge in [0.25, 0.3) is 0 Å². The molecule has 14 rings (SSSR count).